The van der Waals surface area contributed by atoms with Crippen LogP contribution in [0.3, 0.4) is 0 Å². The third-order valence-corrected chi connectivity index (χ3v) is 6.20. The van der Waals surface area contributed by atoms with Crippen LogP contribution < -0.4 is 5.32 Å². The van der Waals surface area contributed by atoms with Crippen molar-refractivity contribution in [3.63, 3.8) is 0 Å². The zero-order chi connectivity index (χ0) is 20.1. The molecule has 9 heteroatoms. The Bertz CT molecular complexity index is 949. The van der Waals surface area contributed by atoms with Crippen molar-refractivity contribution in [2.24, 2.45) is 0 Å². The van der Waals surface area contributed by atoms with E-state index in [1.165, 1.54) is 35.7 Å². The van der Waals surface area contributed by atoms with E-state index in [9.17, 15) is 18.0 Å². The van der Waals surface area contributed by atoms with Gasteiger partial charge in [0.2, 0.25) is 10.0 Å². The lowest BCUT2D eigenvalue weighted by Crippen LogP contribution is -2.40. The molecule has 0 aromatic heterocycles. The molecule has 1 aliphatic heterocycles. The molecule has 28 heavy (non-hydrogen) atoms. The Labute approximate surface area is 163 Å². The monoisotopic (exact) mass is 404 g/mol. The first-order valence-electron chi connectivity index (χ1n) is 8.59. The van der Waals surface area contributed by atoms with E-state index in [4.69, 9.17) is 4.74 Å². The maximum Gasteiger partial charge on any atom is 0.337 e. The van der Waals surface area contributed by atoms with Gasteiger partial charge in [-0.05, 0) is 48.5 Å². The van der Waals surface area contributed by atoms with Crippen molar-refractivity contribution in [3.8, 4) is 0 Å². The maximum atomic E-state index is 12.6. The zero-order valence-electron chi connectivity index (χ0n) is 15.3. The summed E-state index contributed by atoms with van der Waals surface area (Å²) in [6, 6.07) is 12.0. The van der Waals surface area contributed by atoms with E-state index in [1.807, 2.05) is 0 Å². The van der Waals surface area contributed by atoms with E-state index in [-0.39, 0.29) is 10.8 Å². The second-order valence-corrected chi connectivity index (χ2v) is 8.00. The summed E-state index contributed by atoms with van der Waals surface area (Å²) in [5, 5.41) is 2.70. The second-order valence-electron chi connectivity index (χ2n) is 6.06. The van der Waals surface area contributed by atoms with E-state index < -0.39 is 16.0 Å². The van der Waals surface area contributed by atoms with Gasteiger partial charge in [-0.25, -0.2) is 13.2 Å². The molecule has 0 aliphatic carbocycles. The Hall–Kier alpha value is -2.75. The molecule has 1 N–H and O–H groups in total. The van der Waals surface area contributed by atoms with Gasteiger partial charge < -0.3 is 14.8 Å². The van der Waals surface area contributed by atoms with Crippen molar-refractivity contribution in [2.75, 3.05) is 38.7 Å². The second kappa shape index (κ2) is 8.51. The van der Waals surface area contributed by atoms with Crippen LogP contribution in [0.1, 0.15) is 20.7 Å². The van der Waals surface area contributed by atoms with Crippen molar-refractivity contribution < 1.29 is 27.5 Å². The number of morpholine rings is 1. The third-order valence-electron chi connectivity index (χ3n) is 4.29. The molecule has 0 saturated carbocycles. The normalized spacial score (nSPS) is 15.0. The zero-order valence-corrected chi connectivity index (χ0v) is 16.1. The van der Waals surface area contributed by atoms with E-state index in [0.717, 1.165) is 0 Å². The fourth-order valence-electron chi connectivity index (χ4n) is 2.73. The Balaban J connectivity index is 1.69. The molecular weight excluding hydrogens is 384 g/mol. The Morgan fingerprint density at radius 2 is 1.54 bits per heavy atom. The van der Waals surface area contributed by atoms with E-state index >= 15 is 0 Å². The molecule has 0 spiro atoms. The average molecular weight is 404 g/mol. The number of anilines is 1. The quantitative estimate of drug-likeness (QED) is 0.762. The van der Waals surface area contributed by atoms with Gasteiger partial charge in [0.05, 0.1) is 30.8 Å². The summed E-state index contributed by atoms with van der Waals surface area (Å²) in [6.45, 7) is 1.36. The van der Waals surface area contributed by atoms with Gasteiger partial charge in [0.25, 0.3) is 5.91 Å². The number of nitrogens with one attached hydrogen (secondary N) is 1. The molecule has 2 aromatic rings. The summed E-state index contributed by atoms with van der Waals surface area (Å²) in [5.74, 6) is -0.851. The van der Waals surface area contributed by atoms with E-state index in [0.29, 0.717) is 43.1 Å². The van der Waals surface area contributed by atoms with Crippen LogP contribution in [0.2, 0.25) is 0 Å². The van der Waals surface area contributed by atoms with Gasteiger partial charge in [0, 0.05) is 24.3 Å². The van der Waals surface area contributed by atoms with Gasteiger partial charge >= 0.3 is 5.97 Å². The van der Waals surface area contributed by atoms with Crippen molar-refractivity contribution in [3.05, 3.63) is 59.7 Å². The predicted octanol–water partition coefficient (Wildman–Crippen LogP) is 1.75. The van der Waals surface area contributed by atoms with Crippen molar-refractivity contribution in [1.82, 2.24) is 4.31 Å². The number of carbonyl (C=O) groups excluding carboxylic acids is 2. The van der Waals surface area contributed by atoms with Crippen LogP contribution in [0.5, 0.6) is 0 Å². The van der Waals surface area contributed by atoms with Gasteiger partial charge in [-0.1, -0.05) is 0 Å². The number of hydrogen-bond acceptors (Lipinski definition) is 6. The minimum absolute atomic E-state index is 0.133. The van der Waals surface area contributed by atoms with Crippen LogP contribution in [-0.2, 0) is 19.5 Å². The maximum absolute atomic E-state index is 12.6. The minimum Gasteiger partial charge on any atom is -0.465 e. The van der Waals surface area contributed by atoms with Gasteiger partial charge in [-0.3, -0.25) is 4.79 Å². The van der Waals surface area contributed by atoms with Gasteiger partial charge in [-0.15, -0.1) is 0 Å². The van der Waals surface area contributed by atoms with Crippen LogP contribution in [0.15, 0.2) is 53.4 Å². The minimum atomic E-state index is -3.60. The molecule has 148 valence electrons. The van der Waals surface area contributed by atoms with Crippen molar-refractivity contribution in [2.45, 2.75) is 4.90 Å². The molecule has 0 radical (unpaired) electrons. The number of esters is 1. The number of benzene rings is 2. The van der Waals surface area contributed by atoms with Crippen LogP contribution in [-0.4, -0.2) is 58.0 Å². The fourth-order valence-corrected chi connectivity index (χ4v) is 4.13. The number of rotatable bonds is 5. The number of carbonyl (C=O) groups is 2. The smallest absolute Gasteiger partial charge is 0.337 e. The number of ether oxygens (including phenoxy) is 2. The summed E-state index contributed by atoms with van der Waals surface area (Å²) in [5.41, 5.74) is 1.19. The van der Waals surface area contributed by atoms with Crippen LogP contribution in [0.4, 0.5) is 5.69 Å². The lowest BCUT2D eigenvalue weighted by atomic mass is 10.2. The average Bonchev–Trinajstić information content (AvgIpc) is 2.74. The fraction of sp³-hybridized carbons (Fsp3) is 0.263. The van der Waals surface area contributed by atoms with Gasteiger partial charge in [0.1, 0.15) is 0 Å². The molecule has 3 rings (SSSR count). The van der Waals surface area contributed by atoms with Crippen molar-refractivity contribution >= 4 is 27.6 Å². The van der Waals surface area contributed by atoms with Crippen molar-refractivity contribution in [1.29, 1.82) is 0 Å². The Morgan fingerprint density at radius 3 is 2.11 bits per heavy atom. The Kier molecular flexibility index (Phi) is 6.08. The number of amides is 1. The molecular formula is C19H20N2O6S. The Morgan fingerprint density at radius 1 is 0.964 bits per heavy atom. The summed E-state index contributed by atoms with van der Waals surface area (Å²) in [7, 11) is -2.31. The summed E-state index contributed by atoms with van der Waals surface area (Å²) in [4.78, 5) is 23.9. The summed E-state index contributed by atoms with van der Waals surface area (Å²) >= 11 is 0. The highest BCUT2D eigenvalue weighted by Crippen LogP contribution is 2.18. The first kappa shape index (κ1) is 20.0. The first-order valence-corrected chi connectivity index (χ1v) is 10.0. The molecule has 1 amide bonds. The topological polar surface area (TPSA) is 102 Å². The van der Waals surface area contributed by atoms with Crippen LogP contribution in [0, 0.1) is 0 Å². The summed E-state index contributed by atoms with van der Waals surface area (Å²) < 4.78 is 36.4. The van der Waals surface area contributed by atoms with E-state index in [1.54, 1.807) is 24.3 Å². The lowest BCUT2D eigenvalue weighted by molar-refractivity contribution is 0.0600. The third kappa shape index (κ3) is 4.38. The number of sulfonamides is 1. The molecule has 1 aliphatic rings. The predicted molar refractivity (Wildman–Crippen MR) is 102 cm³/mol. The number of methoxy groups -OCH3 is 1. The summed E-state index contributed by atoms with van der Waals surface area (Å²) in [6.07, 6.45) is 0. The first-order chi connectivity index (χ1) is 13.4. The highest BCUT2D eigenvalue weighted by atomic mass is 32.2. The molecule has 0 atom stereocenters. The van der Waals surface area contributed by atoms with Crippen LogP contribution >= 0.6 is 0 Å². The SMILES string of the molecule is COC(=O)c1ccc(NC(=O)c2ccc(S(=O)(=O)N3CCOCC3)cc2)cc1. The molecule has 0 unspecified atom stereocenters. The molecule has 1 fully saturated rings. The van der Waals surface area contributed by atoms with Crippen LogP contribution in [0.25, 0.3) is 0 Å². The van der Waals surface area contributed by atoms with Gasteiger partial charge in [0.15, 0.2) is 0 Å². The lowest BCUT2D eigenvalue weighted by Gasteiger charge is -2.26. The van der Waals surface area contributed by atoms with Gasteiger partial charge in [-0.2, -0.15) is 4.31 Å². The molecule has 1 heterocycles. The largest absolute Gasteiger partial charge is 0.465 e. The molecule has 8 nitrogen and oxygen atoms in total. The highest BCUT2D eigenvalue weighted by molar-refractivity contribution is 7.89. The molecule has 2 aromatic carbocycles. The number of nitrogens with zero attached hydrogens (tertiary/aromatic N) is 1. The highest BCUT2D eigenvalue weighted by Gasteiger charge is 2.26. The van der Waals surface area contributed by atoms with E-state index in [2.05, 4.69) is 10.1 Å². The molecule has 1 saturated heterocycles. The molecule has 0 bridgehead atoms. The standard InChI is InChI=1S/C19H20N2O6S/c1-26-19(23)15-2-6-16(7-3-15)20-18(22)14-4-8-17(9-5-14)28(24,25)21-10-12-27-13-11-21/h2-9H,10-13H2,1H3,(H,20,22). The number of hydrogen-bond donors (Lipinski definition) is 1.